The van der Waals surface area contributed by atoms with Crippen LogP contribution in [0.5, 0.6) is 5.75 Å². The Bertz CT molecular complexity index is 773. The Morgan fingerprint density at radius 1 is 1.30 bits per heavy atom. The van der Waals surface area contributed by atoms with Gasteiger partial charge in [0.15, 0.2) is 15.8 Å². The van der Waals surface area contributed by atoms with Crippen molar-refractivity contribution in [3.63, 3.8) is 0 Å². The maximum absolute atomic E-state index is 11.7. The van der Waals surface area contributed by atoms with Crippen LogP contribution in [0.2, 0.25) is 0 Å². The minimum Gasteiger partial charge on any atom is -0.478 e. The molecule has 1 aliphatic carbocycles. The average Bonchev–Trinajstić information content (AvgIpc) is 3.16. The van der Waals surface area contributed by atoms with Crippen molar-refractivity contribution in [3.05, 3.63) is 30.6 Å². The molecule has 1 heterocycles. The maximum atomic E-state index is 11.7. The molecule has 0 bridgehead atoms. The molecule has 3 rings (SSSR count). The van der Waals surface area contributed by atoms with E-state index >= 15 is 0 Å². The lowest BCUT2D eigenvalue weighted by Crippen LogP contribution is -2.16. The van der Waals surface area contributed by atoms with E-state index in [2.05, 4.69) is 0 Å². The number of hydrogen-bond acceptors (Lipinski definition) is 4. The van der Waals surface area contributed by atoms with Crippen LogP contribution in [0.1, 0.15) is 12.8 Å². The van der Waals surface area contributed by atoms with Crippen LogP contribution in [-0.2, 0) is 9.84 Å². The van der Waals surface area contributed by atoms with Gasteiger partial charge >= 0.3 is 6.09 Å². The van der Waals surface area contributed by atoms with Gasteiger partial charge in [0.1, 0.15) is 5.75 Å². The first-order valence-electron chi connectivity index (χ1n) is 6.15. The van der Waals surface area contributed by atoms with E-state index in [-0.39, 0.29) is 11.2 Å². The molecule has 1 aliphatic rings. The second-order valence-electron chi connectivity index (χ2n) is 4.86. The summed E-state index contributed by atoms with van der Waals surface area (Å²) < 4.78 is 29.8. The van der Waals surface area contributed by atoms with Gasteiger partial charge in [0.2, 0.25) is 0 Å². The highest BCUT2D eigenvalue weighted by atomic mass is 32.2. The Kier molecular flexibility index (Phi) is 2.93. The van der Waals surface area contributed by atoms with Crippen molar-refractivity contribution >= 4 is 26.7 Å². The molecule has 0 radical (unpaired) electrons. The van der Waals surface area contributed by atoms with Crippen molar-refractivity contribution < 1.29 is 23.1 Å². The van der Waals surface area contributed by atoms with Gasteiger partial charge < -0.3 is 9.84 Å². The highest BCUT2D eigenvalue weighted by Crippen LogP contribution is 2.29. The van der Waals surface area contributed by atoms with Gasteiger partial charge in [-0.05, 0) is 31.0 Å². The summed E-state index contributed by atoms with van der Waals surface area (Å²) in [4.78, 5) is 10.8. The first-order valence-corrected chi connectivity index (χ1v) is 7.87. The molecule has 0 aliphatic heterocycles. The Hall–Kier alpha value is -2.02. The van der Waals surface area contributed by atoms with E-state index in [0.717, 1.165) is 9.95 Å². The molecule has 1 N–H and O–H groups in total. The number of benzene rings is 1. The van der Waals surface area contributed by atoms with Crippen molar-refractivity contribution in [3.8, 4) is 5.75 Å². The van der Waals surface area contributed by atoms with Gasteiger partial charge in [0.05, 0.1) is 5.25 Å². The molecular formula is C13H13NO5S. The number of nitrogens with zero attached hydrogens (tertiary/aromatic N) is 1. The lowest BCUT2D eigenvalue weighted by molar-refractivity contribution is 0.196. The fourth-order valence-corrected chi connectivity index (χ4v) is 3.34. The molecule has 0 spiro atoms. The van der Waals surface area contributed by atoms with Crippen molar-refractivity contribution in [2.45, 2.75) is 18.1 Å². The average molecular weight is 295 g/mol. The predicted octanol–water partition coefficient (Wildman–Crippen LogP) is 2.08. The topological polar surface area (TPSA) is 85.6 Å². The van der Waals surface area contributed by atoms with Crippen LogP contribution < -0.4 is 4.74 Å². The third-order valence-electron chi connectivity index (χ3n) is 3.26. The van der Waals surface area contributed by atoms with Crippen molar-refractivity contribution in [2.75, 3.05) is 5.94 Å². The van der Waals surface area contributed by atoms with Crippen LogP contribution in [0.15, 0.2) is 30.6 Å². The first-order chi connectivity index (χ1) is 9.45. The normalized spacial score (nSPS) is 15.4. The van der Waals surface area contributed by atoms with Crippen LogP contribution in [0.3, 0.4) is 0 Å². The summed E-state index contributed by atoms with van der Waals surface area (Å²) in [7, 11) is -3.17. The van der Waals surface area contributed by atoms with Gasteiger partial charge in [-0.25, -0.2) is 13.2 Å². The molecule has 106 valence electrons. The van der Waals surface area contributed by atoms with Crippen molar-refractivity contribution in [1.82, 2.24) is 4.57 Å². The minimum atomic E-state index is -3.17. The van der Waals surface area contributed by atoms with Crippen molar-refractivity contribution in [1.29, 1.82) is 0 Å². The van der Waals surface area contributed by atoms with Crippen LogP contribution in [-0.4, -0.2) is 35.4 Å². The summed E-state index contributed by atoms with van der Waals surface area (Å²) in [5, 5.41) is 10.1. The van der Waals surface area contributed by atoms with Gasteiger partial charge in [0.25, 0.3) is 0 Å². The smallest absolute Gasteiger partial charge is 0.415 e. The monoisotopic (exact) mass is 295 g/mol. The number of fused-ring (bicyclic) bond motifs is 1. The van der Waals surface area contributed by atoms with E-state index in [1.807, 2.05) is 0 Å². The van der Waals surface area contributed by atoms with Crippen LogP contribution in [0.4, 0.5) is 4.79 Å². The molecule has 7 heteroatoms. The molecule has 0 atom stereocenters. The Morgan fingerprint density at radius 3 is 2.65 bits per heavy atom. The molecule has 2 aromatic rings. The van der Waals surface area contributed by atoms with Crippen LogP contribution >= 0.6 is 0 Å². The summed E-state index contributed by atoms with van der Waals surface area (Å²) in [6.45, 7) is 0. The zero-order chi connectivity index (χ0) is 14.3. The molecule has 1 saturated carbocycles. The third kappa shape index (κ3) is 2.49. The summed E-state index contributed by atoms with van der Waals surface area (Å²) >= 11 is 0. The van der Waals surface area contributed by atoms with Gasteiger partial charge in [-0.15, -0.1) is 0 Å². The standard InChI is InChI=1S/C13H13NO5S/c15-13(16)14-6-9-1-2-11(5-10(9)7-14)19-8-20(17,18)12-3-4-12/h1-2,5-7,12H,3-4,8H2,(H,15,16). The molecule has 0 unspecified atom stereocenters. The molecular weight excluding hydrogens is 282 g/mol. The molecule has 1 fully saturated rings. The number of aromatic nitrogens is 1. The number of hydrogen-bond donors (Lipinski definition) is 1. The molecule has 0 saturated heterocycles. The Morgan fingerprint density at radius 2 is 2.00 bits per heavy atom. The number of carbonyl (C=O) groups is 1. The summed E-state index contributed by atoms with van der Waals surface area (Å²) in [6.07, 6.45) is 3.31. The van der Waals surface area contributed by atoms with E-state index < -0.39 is 15.9 Å². The molecule has 20 heavy (non-hydrogen) atoms. The highest BCUT2D eigenvalue weighted by molar-refractivity contribution is 7.92. The summed E-state index contributed by atoms with van der Waals surface area (Å²) in [5.74, 6) is 0.0906. The van der Waals surface area contributed by atoms with Gasteiger partial charge in [-0.1, -0.05) is 0 Å². The second kappa shape index (κ2) is 4.52. The van der Waals surface area contributed by atoms with Crippen LogP contribution in [0.25, 0.3) is 10.8 Å². The first kappa shape index (κ1) is 13.0. The summed E-state index contributed by atoms with van der Waals surface area (Å²) in [5.41, 5.74) is 0. The summed E-state index contributed by atoms with van der Waals surface area (Å²) in [6, 6.07) is 4.97. The number of ether oxygens (including phenoxy) is 1. The quantitative estimate of drug-likeness (QED) is 0.933. The zero-order valence-electron chi connectivity index (χ0n) is 10.5. The van der Waals surface area contributed by atoms with Gasteiger partial charge in [-0.2, -0.15) is 0 Å². The molecule has 0 amide bonds. The van der Waals surface area contributed by atoms with Crippen LogP contribution in [0, 0.1) is 0 Å². The predicted molar refractivity (Wildman–Crippen MR) is 72.8 cm³/mol. The second-order valence-corrected chi connectivity index (χ2v) is 7.09. The fourth-order valence-electron chi connectivity index (χ4n) is 1.99. The van der Waals surface area contributed by atoms with E-state index in [0.29, 0.717) is 24.0 Å². The lowest BCUT2D eigenvalue weighted by atomic mass is 10.2. The van der Waals surface area contributed by atoms with E-state index in [1.54, 1.807) is 18.2 Å². The van der Waals surface area contributed by atoms with Gasteiger partial charge in [0, 0.05) is 23.2 Å². The molecule has 1 aromatic carbocycles. The Balaban J connectivity index is 1.80. The SMILES string of the molecule is O=C(O)n1cc2ccc(OCS(=O)(=O)C3CC3)cc2c1. The van der Waals surface area contributed by atoms with E-state index in [1.165, 1.54) is 12.4 Å². The third-order valence-corrected chi connectivity index (χ3v) is 5.19. The van der Waals surface area contributed by atoms with E-state index in [9.17, 15) is 13.2 Å². The van der Waals surface area contributed by atoms with Crippen molar-refractivity contribution in [2.24, 2.45) is 0 Å². The minimum absolute atomic E-state index is 0.251. The molecule has 6 nitrogen and oxygen atoms in total. The number of rotatable bonds is 4. The van der Waals surface area contributed by atoms with E-state index in [4.69, 9.17) is 9.84 Å². The zero-order valence-corrected chi connectivity index (χ0v) is 11.3. The fraction of sp³-hybridized carbons (Fsp3) is 0.308. The number of carboxylic acid groups (broad SMARTS) is 1. The maximum Gasteiger partial charge on any atom is 0.415 e. The van der Waals surface area contributed by atoms with Gasteiger partial charge in [-0.3, -0.25) is 4.57 Å². The molecule has 1 aromatic heterocycles. The largest absolute Gasteiger partial charge is 0.478 e. The highest BCUT2D eigenvalue weighted by Gasteiger charge is 2.36. The lowest BCUT2D eigenvalue weighted by Gasteiger charge is -2.06. The Labute approximate surface area is 115 Å². The number of sulfone groups is 1.